The number of carbonyl (C=O) groups excluding carboxylic acids is 1. The quantitative estimate of drug-likeness (QED) is 0.326. The van der Waals surface area contributed by atoms with Gasteiger partial charge in [0.2, 0.25) is 0 Å². The van der Waals surface area contributed by atoms with E-state index in [1.165, 1.54) is 0 Å². The number of hydrogen-bond acceptors (Lipinski definition) is 4. The molecule has 4 nitrogen and oxygen atoms in total. The van der Waals surface area contributed by atoms with Gasteiger partial charge >= 0.3 is 5.63 Å². The zero-order valence-electron chi connectivity index (χ0n) is 18.0. The highest BCUT2D eigenvalue weighted by Crippen LogP contribution is 2.27. The van der Waals surface area contributed by atoms with E-state index in [0.29, 0.717) is 16.7 Å². The van der Waals surface area contributed by atoms with Crippen LogP contribution in [-0.2, 0) is 6.42 Å². The maximum Gasteiger partial charge on any atom is 0.343 e. The molecule has 1 heterocycles. The fourth-order valence-electron chi connectivity index (χ4n) is 3.79. The zero-order chi connectivity index (χ0) is 21.5. The minimum atomic E-state index is -0.324. The molecule has 0 atom stereocenters. The number of aryl methyl sites for hydroxylation is 1. The first kappa shape index (κ1) is 21.6. The fraction of sp³-hybridized carbons (Fsp3) is 0.308. The highest BCUT2D eigenvalue weighted by atomic mass is 16.4. The Labute approximate surface area is 177 Å². The third kappa shape index (κ3) is 4.70. The summed E-state index contributed by atoms with van der Waals surface area (Å²) in [7, 11) is 0. The van der Waals surface area contributed by atoms with Crippen LogP contribution in [0.3, 0.4) is 0 Å². The number of nitrogens with zero attached hydrogens (tertiary/aromatic N) is 1. The van der Waals surface area contributed by atoms with Crippen molar-refractivity contribution in [3.8, 4) is 0 Å². The Bertz CT molecular complexity index is 1090. The van der Waals surface area contributed by atoms with Crippen LogP contribution in [0.1, 0.15) is 60.7 Å². The van der Waals surface area contributed by atoms with Crippen LogP contribution < -0.4 is 10.5 Å². The van der Waals surface area contributed by atoms with E-state index >= 15 is 0 Å². The molecule has 2 aromatic carbocycles. The summed E-state index contributed by atoms with van der Waals surface area (Å²) >= 11 is 0. The van der Waals surface area contributed by atoms with Crippen LogP contribution in [-0.4, -0.2) is 19.4 Å². The molecule has 156 valence electrons. The molecule has 0 radical (unpaired) electrons. The predicted octanol–water partition coefficient (Wildman–Crippen LogP) is 5.96. The molecule has 0 saturated carbocycles. The maximum atomic E-state index is 12.8. The fourth-order valence-corrected chi connectivity index (χ4v) is 3.79. The molecule has 0 aliphatic heterocycles. The van der Waals surface area contributed by atoms with Crippen molar-refractivity contribution in [3.05, 3.63) is 75.1 Å². The van der Waals surface area contributed by atoms with Gasteiger partial charge in [-0.2, -0.15) is 0 Å². The maximum absolute atomic E-state index is 12.8. The highest BCUT2D eigenvalue weighted by molar-refractivity contribution is 5.87. The van der Waals surface area contributed by atoms with Crippen molar-refractivity contribution < 1.29 is 9.21 Å². The lowest BCUT2D eigenvalue weighted by Gasteiger charge is -2.24. The second-order valence-corrected chi connectivity index (χ2v) is 7.42. The number of benzene rings is 2. The van der Waals surface area contributed by atoms with E-state index in [9.17, 15) is 9.59 Å². The van der Waals surface area contributed by atoms with Gasteiger partial charge in [0.1, 0.15) is 11.9 Å². The molecule has 3 rings (SSSR count). The molecule has 0 unspecified atom stereocenters. The molecule has 30 heavy (non-hydrogen) atoms. The van der Waals surface area contributed by atoms with Gasteiger partial charge in [0.05, 0.1) is 5.56 Å². The van der Waals surface area contributed by atoms with Gasteiger partial charge in [-0.15, -0.1) is 0 Å². The first-order chi connectivity index (χ1) is 14.6. The number of rotatable bonds is 9. The SMILES string of the molecule is CCCN(CCC)c1ccc2c(CC)c(/C=C/c3ccc(C=O)cc3)c(=O)oc2c1. The summed E-state index contributed by atoms with van der Waals surface area (Å²) < 4.78 is 5.73. The number of fused-ring (bicyclic) bond motifs is 1. The molecule has 4 heteroatoms. The average Bonchev–Trinajstić information content (AvgIpc) is 2.77. The van der Waals surface area contributed by atoms with Crippen molar-refractivity contribution in [2.24, 2.45) is 0 Å². The van der Waals surface area contributed by atoms with E-state index in [1.54, 1.807) is 12.1 Å². The Hall–Kier alpha value is -3.14. The van der Waals surface area contributed by atoms with E-state index < -0.39 is 0 Å². The van der Waals surface area contributed by atoms with Gasteiger partial charge in [-0.25, -0.2) is 4.79 Å². The van der Waals surface area contributed by atoms with Gasteiger partial charge in [-0.3, -0.25) is 4.79 Å². The monoisotopic (exact) mass is 403 g/mol. The lowest BCUT2D eigenvalue weighted by atomic mass is 10.0. The lowest BCUT2D eigenvalue weighted by Crippen LogP contribution is -2.24. The molecule has 0 N–H and O–H groups in total. The second-order valence-electron chi connectivity index (χ2n) is 7.42. The molecule has 0 aliphatic carbocycles. The molecule has 0 fully saturated rings. The van der Waals surface area contributed by atoms with Gasteiger partial charge in [0, 0.05) is 35.8 Å². The molecular weight excluding hydrogens is 374 g/mol. The summed E-state index contributed by atoms with van der Waals surface area (Å²) in [5.41, 5.74) is 4.53. The molecule has 0 spiro atoms. The van der Waals surface area contributed by atoms with Crippen molar-refractivity contribution in [2.75, 3.05) is 18.0 Å². The number of hydrogen-bond donors (Lipinski definition) is 0. The van der Waals surface area contributed by atoms with Crippen LogP contribution in [0.4, 0.5) is 5.69 Å². The topological polar surface area (TPSA) is 50.5 Å². The van der Waals surface area contributed by atoms with Crippen molar-refractivity contribution in [3.63, 3.8) is 0 Å². The Morgan fingerprint density at radius 2 is 1.57 bits per heavy atom. The summed E-state index contributed by atoms with van der Waals surface area (Å²) in [6.07, 6.45) is 7.38. The van der Waals surface area contributed by atoms with E-state index in [4.69, 9.17) is 4.42 Å². The Morgan fingerprint density at radius 1 is 0.900 bits per heavy atom. The Kier molecular flexibility index (Phi) is 7.23. The first-order valence-electron chi connectivity index (χ1n) is 10.7. The molecule has 3 aromatic rings. The Balaban J connectivity index is 2.02. The van der Waals surface area contributed by atoms with E-state index in [-0.39, 0.29) is 5.63 Å². The molecule has 0 amide bonds. The van der Waals surface area contributed by atoms with E-state index in [2.05, 4.69) is 37.8 Å². The van der Waals surface area contributed by atoms with Gasteiger partial charge in [0.15, 0.2) is 0 Å². The van der Waals surface area contributed by atoms with Crippen LogP contribution >= 0.6 is 0 Å². The summed E-state index contributed by atoms with van der Waals surface area (Å²) in [4.78, 5) is 25.9. The van der Waals surface area contributed by atoms with Crippen LogP contribution in [0.25, 0.3) is 23.1 Å². The number of anilines is 1. The van der Waals surface area contributed by atoms with E-state index in [1.807, 2.05) is 30.4 Å². The van der Waals surface area contributed by atoms with Crippen molar-refractivity contribution in [1.82, 2.24) is 0 Å². The van der Waals surface area contributed by atoms with Gasteiger partial charge in [-0.1, -0.05) is 51.1 Å². The minimum absolute atomic E-state index is 0.324. The molecule has 0 saturated heterocycles. The van der Waals surface area contributed by atoms with Gasteiger partial charge in [-0.05, 0) is 48.6 Å². The van der Waals surface area contributed by atoms with Crippen molar-refractivity contribution >= 4 is 35.1 Å². The largest absolute Gasteiger partial charge is 0.422 e. The standard InChI is InChI=1S/C26H29NO3/c1-4-15-27(16-5-2)21-12-14-23-22(6-3)24(26(29)30-25(23)17-21)13-11-19-7-9-20(18-28)10-8-19/h7-14,17-18H,4-6,15-16H2,1-3H3/b13-11+. The van der Waals surface area contributed by atoms with Crippen LogP contribution in [0.15, 0.2) is 51.7 Å². The first-order valence-corrected chi connectivity index (χ1v) is 10.7. The zero-order valence-corrected chi connectivity index (χ0v) is 18.0. The van der Waals surface area contributed by atoms with Crippen LogP contribution in [0.2, 0.25) is 0 Å². The smallest absolute Gasteiger partial charge is 0.343 e. The normalized spacial score (nSPS) is 11.3. The molecule has 0 aliphatic rings. The van der Waals surface area contributed by atoms with Crippen LogP contribution in [0.5, 0.6) is 0 Å². The van der Waals surface area contributed by atoms with Crippen molar-refractivity contribution in [1.29, 1.82) is 0 Å². The third-order valence-electron chi connectivity index (χ3n) is 5.26. The second kappa shape index (κ2) is 10.1. The lowest BCUT2D eigenvalue weighted by molar-refractivity contribution is 0.112. The predicted molar refractivity (Wildman–Crippen MR) is 125 cm³/mol. The number of carbonyl (C=O) groups is 1. The summed E-state index contributed by atoms with van der Waals surface area (Å²) in [6.45, 7) is 8.36. The molecule has 0 bridgehead atoms. The van der Waals surface area contributed by atoms with Gasteiger partial charge in [0.25, 0.3) is 0 Å². The summed E-state index contributed by atoms with van der Waals surface area (Å²) in [5.74, 6) is 0. The third-order valence-corrected chi connectivity index (χ3v) is 5.26. The van der Waals surface area contributed by atoms with E-state index in [0.717, 1.165) is 60.8 Å². The van der Waals surface area contributed by atoms with Gasteiger partial charge < -0.3 is 9.32 Å². The molecule has 1 aromatic heterocycles. The average molecular weight is 404 g/mol. The Morgan fingerprint density at radius 3 is 2.17 bits per heavy atom. The summed E-state index contributed by atoms with van der Waals surface area (Å²) in [5, 5.41) is 0.977. The highest BCUT2D eigenvalue weighted by Gasteiger charge is 2.13. The number of aldehydes is 1. The van der Waals surface area contributed by atoms with Crippen molar-refractivity contribution in [2.45, 2.75) is 40.0 Å². The molecular formula is C26H29NO3. The minimum Gasteiger partial charge on any atom is -0.422 e. The van der Waals surface area contributed by atoms with Crippen LogP contribution in [0, 0.1) is 0 Å². The summed E-state index contributed by atoms with van der Waals surface area (Å²) in [6, 6.07) is 13.4.